The largest absolute Gasteiger partial charge is 0.506 e. The Morgan fingerprint density at radius 2 is 1.94 bits per heavy atom. The predicted molar refractivity (Wildman–Crippen MR) is 128 cm³/mol. The molecule has 3 N–H and O–H groups in total. The number of likely N-dealkylation sites (N-methyl/N-ethyl adjacent to an activating group) is 1. The van der Waals surface area contributed by atoms with Crippen LogP contribution in [0.15, 0.2) is 29.3 Å². The molecule has 7 nitrogen and oxygen atoms in total. The van der Waals surface area contributed by atoms with Crippen molar-refractivity contribution in [3.05, 3.63) is 40.3 Å². The molecule has 0 radical (unpaired) electrons. The third-order valence-electron chi connectivity index (χ3n) is 6.73. The fraction of sp³-hybridized carbons (Fsp3) is 0.522. The van der Waals surface area contributed by atoms with Crippen molar-refractivity contribution in [1.29, 1.82) is 0 Å². The van der Waals surface area contributed by atoms with Gasteiger partial charge in [0.1, 0.15) is 16.9 Å². The van der Waals surface area contributed by atoms with Crippen molar-refractivity contribution in [3.8, 4) is 5.75 Å². The molecule has 8 heteroatoms. The Morgan fingerprint density at radius 3 is 2.74 bits per heavy atom. The van der Waals surface area contributed by atoms with E-state index in [4.69, 9.17) is 10.7 Å². The van der Waals surface area contributed by atoms with Crippen molar-refractivity contribution in [2.75, 3.05) is 57.8 Å². The van der Waals surface area contributed by atoms with Crippen LogP contribution in [0.3, 0.4) is 0 Å². The molecule has 0 bridgehead atoms. The SMILES string of the molecule is CN1CCc2c(sc3c2C(N)N(CCCN2CCN(c4ccccc4O)CC2)C=N3)C1. The summed E-state index contributed by atoms with van der Waals surface area (Å²) in [5.74, 6) is 0.371. The van der Waals surface area contributed by atoms with Gasteiger partial charge < -0.3 is 25.5 Å². The first-order valence-electron chi connectivity index (χ1n) is 11.2. The van der Waals surface area contributed by atoms with Gasteiger partial charge in [-0.15, -0.1) is 11.3 Å². The van der Waals surface area contributed by atoms with E-state index in [2.05, 4.69) is 26.6 Å². The number of phenolic OH excluding ortho intramolecular Hbond substituents is 1. The average Bonchev–Trinajstić information content (AvgIpc) is 3.14. The van der Waals surface area contributed by atoms with Crippen LogP contribution in [-0.4, -0.2) is 79.0 Å². The van der Waals surface area contributed by atoms with Crippen LogP contribution in [0.4, 0.5) is 10.7 Å². The molecule has 1 unspecified atom stereocenters. The Hall–Kier alpha value is -2.13. The second-order valence-electron chi connectivity index (χ2n) is 8.81. The van der Waals surface area contributed by atoms with E-state index in [1.807, 2.05) is 35.9 Å². The number of nitrogens with zero attached hydrogens (tertiary/aromatic N) is 5. The van der Waals surface area contributed by atoms with E-state index in [0.717, 1.165) is 75.9 Å². The molecule has 166 valence electrons. The van der Waals surface area contributed by atoms with Gasteiger partial charge in [-0.3, -0.25) is 4.90 Å². The van der Waals surface area contributed by atoms with Gasteiger partial charge in [0.05, 0.1) is 12.0 Å². The first-order chi connectivity index (χ1) is 15.1. The molecule has 0 amide bonds. The molecule has 1 fully saturated rings. The zero-order valence-corrected chi connectivity index (χ0v) is 19.0. The average molecular weight is 441 g/mol. The summed E-state index contributed by atoms with van der Waals surface area (Å²) >= 11 is 1.82. The lowest BCUT2D eigenvalue weighted by atomic mass is 10.00. The van der Waals surface area contributed by atoms with Crippen LogP contribution in [0, 0.1) is 0 Å². The quantitative estimate of drug-likeness (QED) is 0.745. The van der Waals surface area contributed by atoms with Crippen LogP contribution in [-0.2, 0) is 13.0 Å². The fourth-order valence-electron chi connectivity index (χ4n) is 4.92. The fourth-order valence-corrected chi connectivity index (χ4v) is 6.23. The van der Waals surface area contributed by atoms with Gasteiger partial charge in [0.25, 0.3) is 0 Å². The number of hydrogen-bond acceptors (Lipinski definition) is 8. The van der Waals surface area contributed by atoms with Gasteiger partial charge in [-0.05, 0) is 44.1 Å². The number of thiophene rings is 1. The van der Waals surface area contributed by atoms with Gasteiger partial charge >= 0.3 is 0 Å². The summed E-state index contributed by atoms with van der Waals surface area (Å²) in [4.78, 5) is 15.6. The highest BCUT2D eigenvalue weighted by atomic mass is 32.1. The standard InChI is InChI=1S/C23H32N6OS/c1-26-10-7-17-20(15-26)31-23-21(17)22(24)29(16-25-23)9-4-8-27-11-13-28(14-12-27)18-5-2-3-6-19(18)30/h2-3,5-6,16,22,30H,4,7-15,24H2,1H3. The van der Waals surface area contributed by atoms with Gasteiger partial charge in [-0.25, -0.2) is 4.99 Å². The molecule has 1 aromatic carbocycles. The number of aliphatic imine (C=N–C) groups is 1. The number of rotatable bonds is 5. The van der Waals surface area contributed by atoms with E-state index in [1.165, 1.54) is 16.0 Å². The Labute approximate surface area is 188 Å². The first kappa shape index (κ1) is 20.8. The molecule has 0 saturated carbocycles. The lowest BCUT2D eigenvalue weighted by molar-refractivity contribution is 0.234. The van der Waals surface area contributed by atoms with Crippen molar-refractivity contribution in [1.82, 2.24) is 14.7 Å². The van der Waals surface area contributed by atoms with Gasteiger partial charge in [-0.2, -0.15) is 0 Å². The maximum Gasteiger partial charge on any atom is 0.138 e. The molecule has 1 aromatic heterocycles. The normalized spacial score (nSPS) is 21.9. The third kappa shape index (κ3) is 4.17. The number of fused-ring (bicyclic) bond motifs is 3. The Bertz CT molecular complexity index is 952. The summed E-state index contributed by atoms with van der Waals surface area (Å²) in [6, 6.07) is 7.62. The van der Waals surface area contributed by atoms with Crippen LogP contribution >= 0.6 is 11.3 Å². The summed E-state index contributed by atoms with van der Waals surface area (Å²) in [6.45, 7) is 8.03. The van der Waals surface area contributed by atoms with Gasteiger partial charge in [-0.1, -0.05) is 12.1 Å². The lowest BCUT2D eigenvalue weighted by Crippen LogP contribution is -2.47. The van der Waals surface area contributed by atoms with Crippen LogP contribution in [0.2, 0.25) is 0 Å². The van der Waals surface area contributed by atoms with Crippen molar-refractivity contribution in [3.63, 3.8) is 0 Å². The van der Waals surface area contributed by atoms with E-state index in [9.17, 15) is 5.11 Å². The molecule has 5 rings (SSSR count). The Balaban J connectivity index is 1.13. The molecule has 1 atom stereocenters. The minimum Gasteiger partial charge on any atom is -0.506 e. The second-order valence-corrected chi connectivity index (χ2v) is 9.89. The zero-order chi connectivity index (χ0) is 21.4. The molecule has 2 aromatic rings. The summed E-state index contributed by atoms with van der Waals surface area (Å²) in [5, 5.41) is 11.2. The minimum absolute atomic E-state index is 0.0752. The van der Waals surface area contributed by atoms with Crippen LogP contribution < -0.4 is 10.6 Å². The number of nitrogens with two attached hydrogens (primary N) is 1. The van der Waals surface area contributed by atoms with Gasteiger partial charge in [0.2, 0.25) is 0 Å². The molecule has 3 aliphatic heterocycles. The summed E-state index contributed by atoms with van der Waals surface area (Å²) in [7, 11) is 2.18. The van der Waals surface area contributed by atoms with Gasteiger partial charge in [0.15, 0.2) is 0 Å². The molecule has 4 heterocycles. The lowest BCUT2D eigenvalue weighted by Gasteiger charge is -2.37. The van der Waals surface area contributed by atoms with Crippen molar-refractivity contribution >= 4 is 28.4 Å². The van der Waals surface area contributed by atoms with Crippen molar-refractivity contribution in [2.45, 2.75) is 25.6 Å². The number of para-hydroxylation sites is 2. The van der Waals surface area contributed by atoms with Crippen molar-refractivity contribution < 1.29 is 5.11 Å². The predicted octanol–water partition coefficient (Wildman–Crippen LogP) is 2.59. The number of anilines is 1. The summed E-state index contributed by atoms with van der Waals surface area (Å²) in [6.07, 6.45) is 4.03. The van der Waals surface area contributed by atoms with E-state index >= 15 is 0 Å². The molecular formula is C23H32N6OS. The maximum absolute atomic E-state index is 10.1. The van der Waals surface area contributed by atoms with E-state index in [0.29, 0.717) is 5.75 Å². The molecule has 3 aliphatic rings. The zero-order valence-electron chi connectivity index (χ0n) is 18.2. The highest BCUT2D eigenvalue weighted by Crippen LogP contribution is 2.43. The van der Waals surface area contributed by atoms with Crippen LogP contribution in [0.25, 0.3) is 0 Å². The molecular weight excluding hydrogens is 408 g/mol. The van der Waals surface area contributed by atoms with Gasteiger partial charge in [0, 0.05) is 56.3 Å². The van der Waals surface area contributed by atoms with E-state index < -0.39 is 0 Å². The molecule has 0 aliphatic carbocycles. The number of phenols is 1. The number of benzene rings is 1. The summed E-state index contributed by atoms with van der Waals surface area (Å²) < 4.78 is 0. The second kappa shape index (κ2) is 8.78. The molecule has 0 spiro atoms. The van der Waals surface area contributed by atoms with Crippen LogP contribution in [0.1, 0.15) is 28.6 Å². The van der Waals surface area contributed by atoms with Crippen molar-refractivity contribution in [2.24, 2.45) is 10.7 Å². The smallest absolute Gasteiger partial charge is 0.138 e. The third-order valence-corrected chi connectivity index (χ3v) is 7.87. The highest BCUT2D eigenvalue weighted by Gasteiger charge is 2.30. The Morgan fingerprint density at radius 1 is 1.13 bits per heavy atom. The first-order valence-corrected chi connectivity index (χ1v) is 12.1. The maximum atomic E-state index is 10.1. The van der Waals surface area contributed by atoms with E-state index in [1.54, 1.807) is 6.07 Å². The number of piperazine rings is 1. The minimum atomic E-state index is -0.0752. The molecule has 1 saturated heterocycles. The van der Waals surface area contributed by atoms with E-state index in [-0.39, 0.29) is 6.17 Å². The monoisotopic (exact) mass is 440 g/mol. The number of hydrogen-bond donors (Lipinski definition) is 2. The molecule has 31 heavy (non-hydrogen) atoms. The Kier molecular flexibility index (Phi) is 5.88. The topological polar surface area (TPSA) is 71.6 Å². The number of aromatic hydroxyl groups is 1. The van der Waals surface area contributed by atoms with Crippen LogP contribution in [0.5, 0.6) is 5.75 Å². The summed E-state index contributed by atoms with van der Waals surface area (Å²) in [5.41, 5.74) is 10.4. The highest BCUT2D eigenvalue weighted by molar-refractivity contribution is 7.16.